The Hall–Kier alpha value is -4.51. The second-order valence-electron chi connectivity index (χ2n) is 9.00. The second kappa shape index (κ2) is 9.86. The van der Waals surface area contributed by atoms with Gasteiger partial charge in [0.25, 0.3) is 0 Å². The Kier molecular flexibility index (Phi) is 6.11. The topological polar surface area (TPSA) is 122 Å². The molecule has 6 rings (SSSR count). The van der Waals surface area contributed by atoms with Crippen molar-refractivity contribution in [3.8, 4) is 22.5 Å². The first-order valence-electron chi connectivity index (χ1n) is 12.1. The second-order valence-corrected chi connectivity index (χ2v) is 9.00. The van der Waals surface area contributed by atoms with Crippen molar-refractivity contribution in [3.63, 3.8) is 0 Å². The first-order chi connectivity index (χ1) is 18.1. The van der Waals surface area contributed by atoms with E-state index in [2.05, 4.69) is 20.2 Å². The number of nitrogens with zero attached hydrogens (tertiary/aromatic N) is 7. The molecule has 0 atom stereocenters. The third-order valence-corrected chi connectivity index (χ3v) is 6.63. The number of piperazine rings is 1. The zero-order valence-electron chi connectivity index (χ0n) is 20.1. The number of nitrogens with one attached hydrogen (secondary N) is 1. The van der Waals surface area contributed by atoms with Gasteiger partial charge in [-0.05, 0) is 42.5 Å². The summed E-state index contributed by atoms with van der Waals surface area (Å²) in [6.45, 7) is 3.64. The molecule has 0 radical (unpaired) electrons. The Labute approximate surface area is 213 Å². The highest BCUT2D eigenvalue weighted by molar-refractivity contribution is 5.78. The van der Waals surface area contributed by atoms with Crippen LogP contribution < -0.4 is 10.2 Å². The molecule has 1 aromatic carbocycles. The third-order valence-electron chi connectivity index (χ3n) is 6.63. The van der Waals surface area contributed by atoms with E-state index < -0.39 is 6.09 Å². The monoisotopic (exact) mass is 498 g/mol. The van der Waals surface area contributed by atoms with Crippen LogP contribution in [0.1, 0.15) is 6.04 Å². The van der Waals surface area contributed by atoms with Crippen LogP contribution in [0.5, 0.6) is 0 Å². The third kappa shape index (κ3) is 4.81. The normalized spacial score (nSPS) is 15.9. The quantitative estimate of drug-likeness (QED) is 0.411. The van der Waals surface area contributed by atoms with E-state index in [1.807, 2.05) is 53.3 Å². The van der Waals surface area contributed by atoms with Crippen LogP contribution in [0.2, 0.25) is 0 Å². The molecule has 1 amide bonds. The summed E-state index contributed by atoms with van der Waals surface area (Å²) in [5.74, 6) is 0.484. The largest absolute Gasteiger partial charge is 0.465 e. The van der Waals surface area contributed by atoms with Crippen LogP contribution in [-0.4, -0.2) is 80.2 Å². The number of ether oxygens (including phenoxy) is 1. The highest BCUT2D eigenvalue weighted by Crippen LogP contribution is 2.32. The van der Waals surface area contributed by atoms with E-state index in [4.69, 9.17) is 19.9 Å². The van der Waals surface area contributed by atoms with Crippen LogP contribution in [0.25, 0.3) is 22.5 Å². The molecule has 2 aliphatic heterocycles. The lowest BCUT2D eigenvalue weighted by molar-refractivity contribution is -0.0285. The number of anilines is 3. The van der Waals surface area contributed by atoms with Crippen LogP contribution in [0.4, 0.5) is 22.1 Å². The zero-order valence-corrected chi connectivity index (χ0v) is 20.1. The number of amides is 1. The van der Waals surface area contributed by atoms with Gasteiger partial charge in [0.05, 0.1) is 24.9 Å². The maximum atomic E-state index is 11.1. The Morgan fingerprint density at radius 1 is 1.03 bits per heavy atom. The summed E-state index contributed by atoms with van der Waals surface area (Å²) < 4.78 is 7.31. The van der Waals surface area contributed by atoms with E-state index in [0.717, 1.165) is 33.9 Å². The first-order valence-corrected chi connectivity index (χ1v) is 12.1. The van der Waals surface area contributed by atoms with Gasteiger partial charge in [-0.3, -0.25) is 9.67 Å². The van der Waals surface area contributed by atoms with Gasteiger partial charge in [-0.1, -0.05) is 0 Å². The molecule has 0 unspecified atom stereocenters. The summed E-state index contributed by atoms with van der Waals surface area (Å²) in [6.07, 6.45) is 6.43. The molecule has 0 aliphatic carbocycles. The van der Waals surface area contributed by atoms with Crippen molar-refractivity contribution in [1.29, 1.82) is 0 Å². The van der Waals surface area contributed by atoms with Crippen molar-refractivity contribution < 1.29 is 14.6 Å². The average Bonchev–Trinajstić information content (AvgIpc) is 3.34. The van der Waals surface area contributed by atoms with Crippen molar-refractivity contribution in [1.82, 2.24) is 29.6 Å². The van der Waals surface area contributed by atoms with E-state index in [0.29, 0.717) is 45.3 Å². The number of rotatable bonds is 6. The molecule has 0 bridgehead atoms. The number of carboxylic acid groups (broad SMARTS) is 1. The van der Waals surface area contributed by atoms with E-state index >= 15 is 0 Å². The number of carbonyl (C=O) groups is 1. The maximum Gasteiger partial charge on any atom is 0.407 e. The minimum absolute atomic E-state index is 0.217. The SMILES string of the molecule is O=C(O)N1CCN(c2ccc(Nc3nccc(-c4cn(C5COC5)nc4-c4cccnc4)n3)cc2)CC1. The van der Waals surface area contributed by atoms with Gasteiger partial charge < -0.3 is 25.0 Å². The maximum absolute atomic E-state index is 11.1. The molecule has 37 heavy (non-hydrogen) atoms. The minimum atomic E-state index is -0.863. The summed E-state index contributed by atoms with van der Waals surface area (Å²) in [7, 11) is 0. The van der Waals surface area contributed by atoms with Crippen molar-refractivity contribution in [2.75, 3.05) is 49.6 Å². The van der Waals surface area contributed by atoms with Gasteiger partial charge in [-0.25, -0.2) is 14.8 Å². The molecule has 0 spiro atoms. The van der Waals surface area contributed by atoms with E-state index in [1.165, 1.54) is 4.90 Å². The number of pyridine rings is 1. The highest BCUT2D eigenvalue weighted by Gasteiger charge is 2.25. The van der Waals surface area contributed by atoms with Gasteiger partial charge in [-0.15, -0.1) is 0 Å². The van der Waals surface area contributed by atoms with Crippen molar-refractivity contribution in [2.45, 2.75) is 6.04 Å². The summed E-state index contributed by atoms with van der Waals surface area (Å²) >= 11 is 0. The fourth-order valence-corrected chi connectivity index (χ4v) is 4.47. The molecule has 2 fully saturated rings. The molecule has 2 N–H and O–H groups in total. The van der Waals surface area contributed by atoms with E-state index in [-0.39, 0.29) is 6.04 Å². The van der Waals surface area contributed by atoms with E-state index in [9.17, 15) is 4.79 Å². The lowest BCUT2D eigenvalue weighted by atomic mass is 10.1. The fourth-order valence-electron chi connectivity index (χ4n) is 4.47. The number of benzene rings is 1. The molecule has 4 aromatic rings. The van der Waals surface area contributed by atoms with Gasteiger partial charge in [-0.2, -0.15) is 5.10 Å². The Bertz CT molecular complexity index is 1380. The lowest BCUT2D eigenvalue weighted by Crippen LogP contribution is -2.48. The van der Waals surface area contributed by atoms with Crippen molar-refractivity contribution >= 4 is 23.4 Å². The minimum Gasteiger partial charge on any atom is -0.465 e. The van der Waals surface area contributed by atoms with Gasteiger partial charge in [0.1, 0.15) is 5.69 Å². The van der Waals surface area contributed by atoms with Gasteiger partial charge >= 0.3 is 6.09 Å². The molecule has 0 saturated carbocycles. The molecule has 5 heterocycles. The number of hydrogen-bond donors (Lipinski definition) is 2. The standard InChI is InChI=1S/C26H26N8O3/c35-26(36)33-12-10-32(11-13-33)20-5-3-19(4-6-20)29-25-28-9-7-23(30-25)22-15-34(21-16-37-17-21)31-24(22)18-2-1-8-27-14-18/h1-9,14-15,21H,10-13,16-17H2,(H,35,36)(H,28,29,30). The molecular formula is C26H26N8O3. The first kappa shape index (κ1) is 22.9. The highest BCUT2D eigenvalue weighted by atomic mass is 16.5. The van der Waals surface area contributed by atoms with Crippen LogP contribution in [0, 0.1) is 0 Å². The van der Waals surface area contributed by atoms with Crippen molar-refractivity contribution in [3.05, 3.63) is 67.3 Å². The summed E-state index contributed by atoms with van der Waals surface area (Å²) in [5, 5.41) is 17.3. The molecule has 2 aliphatic rings. The smallest absolute Gasteiger partial charge is 0.407 e. The van der Waals surface area contributed by atoms with Gasteiger partial charge in [0, 0.05) is 73.5 Å². The Morgan fingerprint density at radius 2 is 1.84 bits per heavy atom. The van der Waals surface area contributed by atoms with Gasteiger partial charge in [0.15, 0.2) is 0 Å². The van der Waals surface area contributed by atoms with Gasteiger partial charge in [0.2, 0.25) is 5.95 Å². The molecule has 188 valence electrons. The van der Waals surface area contributed by atoms with Crippen LogP contribution in [0.15, 0.2) is 67.3 Å². The van der Waals surface area contributed by atoms with Crippen LogP contribution >= 0.6 is 0 Å². The number of hydrogen-bond acceptors (Lipinski definition) is 8. The Morgan fingerprint density at radius 3 is 2.51 bits per heavy atom. The molecule has 11 heteroatoms. The molecule has 3 aromatic heterocycles. The fraction of sp³-hybridized carbons (Fsp3) is 0.269. The van der Waals surface area contributed by atoms with E-state index in [1.54, 1.807) is 18.6 Å². The predicted molar refractivity (Wildman–Crippen MR) is 138 cm³/mol. The molecular weight excluding hydrogens is 472 g/mol. The summed E-state index contributed by atoms with van der Waals surface area (Å²) in [5.41, 5.74) is 5.32. The van der Waals surface area contributed by atoms with Crippen LogP contribution in [-0.2, 0) is 4.74 Å². The lowest BCUT2D eigenvalue weighted by Gasteiger charge is -2.34. The molecule has 11 nitrogen and oxygen atoms in total. The van der Waals surface area contributed by atoms with Crippen molar-refractivity contribution in [2.24, 2.45) is 0 Å². The predicted octanol–water partition coefficient (Wildman–Crippen LogP) is 3.52. The molecule has 2 saturated heterocycles. The average molecular weight is 499 g/mol. The summed E-state index contributed by atoms with van der Waals surface area (Å²) in [6, 6.07) is 14.0. The zero-order chi connectivity index (χ0) is 25.2. The van der Waals surface area contributed by atoms with Crippen LogP contribution in [0.3, 0.4) is 0 Å². The Balaban J connectivity index is 1.21. The summed E-state index contributed by atoms with van der Waals surface area (Å²) in [4.78, 5) is 28.2. The number of aromatic nitrogens is 5.